The first-order chi connectivity index (χ1) is 9.88. The highest BCUT2D eigenvalue weighted by molar-refractivity contribution is 5.30. The Morgan fingerprint density at radius 1 is 1.15 bits per heavy atom. The van der Waals surface area contributed by atoms with Crippen LogP contribution in [0.15, 0.2) is 37.1 Å². The summed E-state index contributed by atoms with van der Waals surface area (Å²) in [5, 5.41) is 3.80. The molecule has 0 saturated heterocycles. The standard InChI is InChI=1S/C18H25NO/c1-2-20-11-5-10-19-18-16-8-9-17(18)13-15-7-4-3-6-14(15)12-16/h2-4,6-7,16-19H,1,5,8-13H2. The lowest BCUT2D eigenvalue weighted by Crippen LogP contribution is -2.38. The predicted molar refractivity (Wildman–Crippen MR) is 82.6 cm³/mol. The van der Waals surface area contributed by atoms with Gasteiger partial charge in [-0.25, -0.2) is 0 Å². The third-order valence-corrected chi connectivity index (χ3v) is 4.94. The molecule has 1 N–H and O–H groups in total. The maximum Gasteiger partial charge on any atom is 0.0885 e. The minimum absolute atomic E-state index is 0.700. The van der Waals surface area contributed by atoms with Gasteiger partial charge in [0.25, 0.3) is 0 Å². The Bertz CT molecular complexity index is 423. The molecule has 2 aliphatic rings. The summed E-state index contributed by atoms with van der Waals surface area (Å²) >= 11 is 0. The van der Waals surface area contributed by atoms with Crippen molar-refractivity contribution in [2.24, 2.45) is 11.8 Å². The maximum atomic E-state index is 5.19. The van der Waals surface area contributed by atoms with Crippen molar-refractivity contribution < 1.29 is 4.74 Å². The van der Waals surface area contributed by atoms with Gasteiger partial charge in [-0.3, -0.25) is 0 Å². The molecule has 0 amide bonds. The minimum atomic E-state index is 0.700. The van der Waals surface area contributed by atoms with Gasteiger partial charge in [0.2, 0.25) is 0 Å². The quantitative estimate of drug-likeness (QED) is 0.633. The van der Waals surface area contributed by atoms with Crippen LogP contribution >= 0.6 is 0 Å². The molecule has 0 heterocycles. The van der Waals surface area contributed by atoms with E-state index >= 15 is 0 Å². The van der Waals surface area contributed by atoms with Crippen LogP contribution in [-0.2, 0) is 17.6 Å². The number of hydrogen-bond acceptors (Lipinski definition) is 2. The van der Waals surface area contributed by atoms with E-state index in [2.05, 4.69) is 36.2 Å². The van der Waals surface area contributed by atoms with Crippen molar-refractivity contribution in [2.45, 2.75) is 38.1 Å². The molecular formula is C18H25NO. The summed E-state index contributed by atoms with van der Waals surface area (Å²) < 4.78 is 5.19. The van der Waals surface area contributed by atoms with E-state index in [-0.39, 0.29) is 0 Å². The molecule has 2 unspecified atom stereocenters. The molecule has 1 fully saturated rings. The van der Waals surface area contributed by atoms with Gasteiger partial charge in [-0.1, -0.05) is 30.8 Å². The summed E-state index contributed by atoms with van der Waals surface area (Å²) in [6.45, 7) is 5.41. The molecule has 0 spiro atoms. The van der Waals surface area contributed by atoms with Crippen LogP contribution in [0.2, 0.25) is 0 Å². The van der Waals surface area contributed by atoms with Gasteiger partial charge in [0.05, 0.1) is 12.9 Å². The molecule has 2 bridgehead atoms. The van der Waals surface area contributed by atoms with Crippen LogP contribution in [-0.4, -0.2) is 19.2 Å². The van der Waals surface area contributed by atoms with Crippen LogP contribution in [0.5, 0.6) is 0 Å². The number of benzene rings is 1. The molecule has 108 valence electrons. The minimum Gasteiger partial charge on any atom is -0.502 e. The fourth-order valence-corrected chi connectivity index (χ4v) is 3.99. The van der Waals surface area contributed by atoms with Gasteiger partial charge in [0, 0.05) is 6.04 Å². The van der Waals surface area contributed by atoms with Crippen molar-refractivity contribution in [3.63, 3.8) is 0 Å². The van der Waals surface area contributed by atoms with Gasteiger partial charge in [-0.05, 0) is 61.6 Å². The monoisotopic (exact) mass is 271 g/mol. The highest BCUT2D eigenvalue weighted by atomic mass is 16.5. The Kier molecular flexibility index (Phi) is 4.41. The lowest BCUT2D eigenvalue weighted by molar-refractivity contribution is 0.237. The zero-order valence-corrected chi connectivity index (χ0v) is 12.2. The molecule has 1 saturated carbocycles. The van der Waals surface area contributed by atoms with E-state index in [0.717, 1.165) is 31.4 Å². The summed E-state index contributed by atoms with van der Waals surface area (Å²) in [5.41, 5.74) is 3.17. The highest BCUT2D eigenvalue weighted by Crippen LogP contribution is 2.39. The van der Waals surface area contributed by atoms with E-state index in [1.807, 2.05) is 0 Å². The van der Waals surface area contributed by atoms with Crippen LogP contribution in [0.3, 0.4) is 0 Å². The summed E-state index contributed by atoms with van der Waals surface area (Å²) in [6.07, 6.45) is 7.89. The van der Waals surface area contributed by atoms with Crippen LogP contribution in [0.25, 0.3) is 0 Å². The molecule has 1 aromatic rings. The van der Waals surface area contributed by atoms with Gasteiger partial charge in [-0.15, -0.1) is 0 Å². The number of ether oxygens (including phenoxy) is 1. The molecule has 2 atom stereocenters. The Morgan fingerprint density at radius 2 is 1.80 bits per heavy atom. The summed E-state index contributed by atoms with van der Waals surface area (Å²) in [7, 11) is 0. The van der Waals surface area contributed by atoms with Crippen molar-refractivity contribution in [3.05, 3.63) is 48.2 Å². The fraction of sp³-hybridized carbons (Fsp3) is 0.556. The Morgan fingerprint density at radius 3 is 2.40 bits per heavy atom. The van der Waals surface area contributed by atoms with E-state index in [4.69, 9.17) is 4.74 Å². The highest BCUT2D eigenvalue weighted by Gasteiger charge is 2.38. The number of nitrogens with one attached hydrogen (secondary N) is 1. The van der Waals surface area contributed by atoms with Crippen molar-refractivity contribution >= 4 is 0 Å². The fourth-order valence-electron chi connectivity index (χ4n) is 3.99. The Labute approximate surface area is 122 Å². The van der Waals surface area contributed by atoms with E-state index in [0.29, 0.717) is 6.04 Å². The zero-order chi connectivity index (χ0) is 13.8. The molecule has 0 radical (unpaired) electrons. The van der Waals surface area contributed by atoms with Crippen LogP contribution in [0.1, 0.15) is 30.4 Å². The van der Waals surface area contributed by atoms with Gasteiger partial charge in [0.1, 0.15) is 0 Å². The normalized spacial score (nSPS) is 27.7. The third-order valence-electron chi connectivity index (χ3n) is 4.94. The molecule has 2 heteroatoms. The van der Waals surface area contributed by atoms with Crippen molar-refractivity contribution in [3.8, 4) is 0 Å². The van der Waals surface area contributed by atoms with Gasteiger partial charge >= 0.3 is 0 Å². The largest absolute Gasteiger partial charge is 0.502 e. The molecule has 3 rings (SSSR count). The second kappa shape index (κ2) is 6.45. The van der Waals surface area contributed by atoms with E-state index in [1.165, 1.54) is 31.9 Å². The molecule has 20 heavy (non-hydrogen) atoms. The number of hydrogen-bond donors (Lipinski definition) is 1. The lowest BCUT2D eigenvalue weighted by atomic mass is 9.94. The Balaban J connectivity index is 1.59. The third kappa shape index (κ3) is 2.90. The topological polar surface area (TPSA) is 21.3 Å². The van der Waals surface area contributed by atoms with Crippen LogP contribution in [0, 0.1) is 11.8 Å². The van der Waals surface area contributed by atoms with Gasteiger partial charge in [0.15, 0.2) is 0 Å². The average Bonchev–Trinajstić information content (AvgIpc) is 2.74. The van der Waals surface area contributed by atoms with Crippen LogP contribution in [0.4, 0.5) is 0 Å². The predicted octanol–water partition coefficient (Wildman–Crippen LogP) is 3.32. The maximum absolute atomic E-state index is 5.19. The second-order valence-corrected chi connectivity index (χ2v) is 6.15. The zero-order valence-electron chi connectivity index (χ0n) is 12.2. The summed E-state index contributed by atoms with van der Waals surface area (Å²) in [4.78, 5) is 0. The number of fused-ring (bicyclic) bond motifs is 3. The molecule has 0 aromatic heterocycles. The van der Waals surface area contributed by atoms with Gasteiger partial charge in [-0.2, -0.15) is 0 Å². The van der Waals surface area contributed by atoms with Crippen molar-refractivity contribution in [2.75, 3.05) is 13.2 Å². The first kappa shape index (κ1) is 13.7. The van der Waals surface area contributed by atoms with E-state index < -0.39 is 0 Å². The molecule has 0 aliphatic heterocycles. The molecular weight excluding hydrogens is 246 g/mol. The lowest BCUT2D eigenvalue weighted by Gasteiger charge is -2.23. The average molecular weight is 271 g/mol. The van der Waals surface area contributed by atoms with Gasteiger partial charge < -0.3 is 10.1 Å². The van der Waals surface area contributed by atoms with E-state index in [1.54, 1.807) is 11.1 Å². The molecule has 1 aromatic carbocycles. The van der Waals surface area contributed by atoms with E-state index in [9.17, 15) is 0 Å². The first-order valence-corrected chi connectivity index (χ1v) is 7.91. The molecule has 2 nitrogen and oxygen atoms in total. The van der Waals surface area contributed by atoms with Crippen LogP contribution < -0.4 is 5.32 Å². The summed E-state index contributed by atoms with van der Waals surface area (Å²) in [6, 6.07) is 9.72. The smallest absolute Gasteiger partial charge is 0.0885 e. The second-order valence-electron chi connectivity index (χ2n) is 6.15. The first-order valence-electron chi connectivity index (χ1n) is 7.91. The summed E-state index contributed by atoms with van der Waals surface area (Å²) in [5.74, 6) is 1.65. The SMILES string of the molecule is C=COCCCNC1C2CCC1Cc1ccccc1C2. The number of rotatable bonds is 6. The van der Waals surface area contributed by atoms with Crippen molar-refractivity contribution in [1.29, 1.82) is 0 Å². The Hall–Kier alpha value is -1.28. The van der Waals surface area contributed by atoms with Crippen molar-refractivity contribution in [1.82, 2.24) is 5.32 Å². The molecule has 2 aliphatic carbocycles.